The summed E-state index contributed by atoms with van der Waals surface area (Å²) in [6.07, 6.45) is 1.82. The Morgan fingerprint density at radius 1 is 1.14 bits per heavy atom. The first-order valence-electron chi connectivity index (χ1n) is 8.74. The van der Waals surface area contributed by atoms with Crippen molar-refractivity contribution in [1.82, 2.24) is 15.1 Å². The fourth-order valence-electron chi connectivity index (χ4n) is 3.02. The number of carbonyl (C=O) groups excluding carboxylic acids is 1. The molecule has 0 radical (unpaired) electrons. The van der Waals surface area contributed by atoms with Gasteiger partial charge in [0.05, 0.1) is 11.3 Å². The molecule has 2 aromatic carbocycles. The number of hydrogen-bond acceptors (Lipinski definition) is 4. The van der Waals surface area contributed by atoms with E-state index in [0.717, 1.165) is 31.0 Å². The number of nitrogens with one attached hydrogen (secondary N) is 1. The van der Waals surface area contributed by atoms with Crippen LogP contribution in [0.4, 0.5) is 8.78 Å². The van der Waals surface area contributed by atoms with Crippen molar-refractivity contribution in [2.75, 3.05) is 0 Å². The highest BCUT2D eigenvalue weighted by atomic mass is 32.2. The molecular weight excluding hydrogens is 388 g/mol. The van der Waals surface area contributed by atoms with Crippen LogP contribution in [0.15, 0.2) is 47.5 Å². The molecule has 0 spiro atoms. The van der Waals surface area contributed by atoms with E-state index in [4.69, 9.17) is 0 Å². The van der Waals surface area contributed by atoms with Crippen molar-refractivity contribution in [2.24, 2.45) is 0 Å². The van der Waals surface area contributed by atoms with E-state index in [1.54, 1.807) is 0 Å². The van der Waals surface area contributed by atoms with Gasteiger partial charge in [-0.3, -0.25) is 9.48 Å². The number of aromatic nitrogens is 2. The third-order valence-electron chi connectivity index (χ3n) is 4.46. The first-order valence-corrected chi connectivity index (χ1v) is 10.4. The Morgan fingerprint density at radius 3 is 2.61 bits per heavy atom. The minimum Gasteiger partial charge on any atom is -0.352 e. The van der Waals surface area contributed by atoms with Gasteiger partial charge in [-0.15, -0.1) is 0 Å². The summed E-state index contributed by atoms with van der Waals surface area (Å²) in [5.41, 5.74) is 0.486. The van der Waals surface area contributed by atoms with Gasteiger partial charge < -0.3 is 5.32 Å². The highest BCUT2D eigenvalue weighted by Crippen LogP contribution is 2.26. The van der Waals surface area contributed by atoms with Gasteiger partial charge >= 0.3 is 0 Å². The van der Waals surface area contributed by atoms with Crippen LogP contribution in [0, 0.1) is 11.6 Å². The van der Waals surface area contributed by atoms with Crippen LogP contribution in [0.25, 0.3) is 10.9 Å². The second kappa shape index (κ2) is 6.97. The van der Waals surface area contributed by atoms with Crippen molar-refractivity contribution in [1.29, 1.82) is 0 Å². The van der Waals surface area contributed by atoms with Gasteiger partial charge in [0, 0.05) is 11.4 Å². The minimum atomic E-state index is -3.95. The van der Waals surface area contributed by atoms with E-state index in [-0.39, 0.29) is 40.0 Å². The molecule has 1 aliphatic carbocycles. The molecule has 6 nitrogen and oxygen atoms in total. The summed E-state index contributed by atoms with van der Waals surface area (Å²) in [6, 6.07) is 9.04. The normalized spacial score (nSPS) is 14.4. The summed E-state index contributed by atoms with van der Waals surface area (Å²) < 4.78 is 54.1. The molecular formula is C19H17F2N3O3S. The first-order chi connectivity index (χ1) is 13.3. The number of fused-ring (bicyclic) bond motifs is 1. The van der Waals surface area contributed by atoms with E-state index in [1.807, 2.05) is 0 Å². The Labute approximate surface area is 160 Å². The zero-order valence-electron chi connectivity index (χ0n) is 14.7. The number of rotatable bonds is 6. The summed E-state index contributed by atoms with van der Waals surface area (Å²) in [5.74, 6) is -1.87. The van der Waals surface area contributed by atoms with E-state index in [1.165, 1.54) is 28.9 Å². The Kier molecular flexibility index (Phi) is 4.62. The minimum absolute atomic E-state index is 0.141. The van der Waals surface area contributed by atoms with E-state index >= 15 is 0 Å². The van der Waals surface area contributed by atoms with E-state index in [9.17, 15) is 22.0 Å². The lowest BCUT2D eigenvalue weighted by Crippen LogP contribution is -2.29. The van der Waals surface area contributed by atoms with Gasteiger partial charge in [0.2, 0.25) is 15.7 Å². The molecule has 1 fully saturated rings. The zero-order chi connectivity index (χ0) is 19.9. The third-order valence-corrected chi connectivity index (χ3v) is 6.06. The van der Waals surface area contributed by atoms with Gasteiger partial charge in [0.1, 0.15) is 18.2 Å². The van der Waals surface area contributed by atoms with Crippen LogP contribution in [-0.2, 0) is 26.9 Å². The van der Waals surface area contributed by atoms with E-state index in [2.05, 4.69) is 10.4 Å². The standard InChI is InChI=1S/C19H17F2N3O3S/c20-13-3-1-2-12(8-13)11-28(26,27)19-16-7-4-14(21)9-17(16)24(23-19)10-18(25)22-15-5-6-15/h1-4,7-9,15H,5-6,10-11H2,(H,22,25). The van der Waals surface area contributed by atoms with Crippen LogP contribution in [0.5, 0.6) is 0 Å². The molecule has 9 heteroatoms. The van der Waals surface area contributed by atoms with Gasteiger partial charge in [-0.05, 0) is 48.7 Å². The maximum atomic E-state index is 13.7. The second-order valence-corrected chi connectivity index (χ2v) is 8.76. The maximum absolute atomic E-state index is 13.7. The summed E-state index contributed by atoms with van der Waals surface area (Å²) in [5, 5.41) is 6.85. The average Bonchev–Trinajstić information content (AvgIpc) is 3.35. The molecule has 1 aliphatic rings. The molecule has 1 saturated carbocycles. The van der Waals surface area contributed by atoms with Crippen LogP contribution in [0.3, 0.4) is 0 Å². The van der Waals surface area contributed by atoms with Gasteiger partial charge in [-0.2, -0.15) is 5.10 Å². The quantitative estimate of drug-likeness (QED) is 0.684. The molecule has 0 saturated heterocycles. The average molecular weight is 405 g/mol. The number of hydrogen-bond donors (Lipinski definition) is 1. The van der Waals surface area contributed by atoms with Crippen LogP contribution in [0.2, 0.25) is 0 Å². The van der Waals surface area contributed by atoms with Gasteiger partial charge in [0.25, 0.3) is 0 Å². The SMILES string of the molecule is O=C(Cn1nc(S(=O)(=O)Cc2cccc(F)c2)c2ccc(F)cc21)NC1CC1. The maximum Gasteiger partial charge on any atom is 0.241 e. The molecule has 3 aromatic rings. The Bertz CT molecular complexity index is 1170. The molecule has 0 atom stereocenters. The van der Waals surface area contributed by atoms with Crippen molar-refractivity contribution >= 4 is 26.6 Å². The van der Waals surface area contributed by atoms with Crippen LogP contribution in [-0.4, -0.2) is 30.1 Å². The smallest absolute Gasteiger partial charge is 0.241 e. The predicted molar refractivity (Wildman–Crippen MR) is 98.1 cm³/mol. The van der Waals surface area contributed by atoms with Crippen LogP contribution >= 0.6 is 0 Å². The third kappa shape index (κ3) is 3.89. The monoisotopic (exact) mass is 405 g/mol. The van der Waals surface area contributed by atoms with Gasteiger partial charge in [-0.25, -0.2) is 17.2 Å². The first kappa shape index (κ1) is 18.5. The summed E-state index contributed by atoms with van der Waals surface area (Å²) in [4.78, 5) is 12.1. The summed E-state index contributed by atoms with van der Waals surface area (Å²) in [7, 11) is -3.95. The van der Waals surface area contributed by atoms with Crippen molar-refractivity contribution in [3.63, 3.8) is 0 Å². The molecule has 0 aliphatic heterocycles. The number of amides is 1. The molecule has 0 unspecified atom stereocenters. The molecule has 1 N–H and O–H groups in total. The Balaban J connectivity index is 1.72. The van der Waals surface area contributed by atoms with Crippen molar-refractivity contribution < 1.29 is 22.0 Å². The van der Waals surface area contributed by atoms with Gasteiger partial charge in [-0.1, -0.05) is 12.1 Å². The fraction of sp³-hybridized carbons (Fsp3) is 0.263. The highest BCUT2D eigenvalue weighted by Gasteiger charge is 2.27. The molecule has 1 heterocycles. The van der Waals surface area contributed by atoms with Gasteiger partial charge in [0.15, 0.2) is 5.03 Å². The zero-order valence-corrected chi connectivity index (χ0v) is 15.5. The second-order valence-electron chi connectivity index (χ2n) is 6.86. The lowest BCUT2D eigenvalue weighted by Gasteiger charge is -2.04. The summed E-state index contributed by atoms with van der Waals surface area (Å²) in [6.45, 7) is -0.216. The fourth-order valence-corrected chi connectivity index (χ4v) is 4.50. The number of carbonyl (C=O) groups is 1. The van der Waals surface area contributed by atoms with Crippen LogP contribution in [0.1, 0.15) is 18.4 Å². The van der Waals surface area contributed by atoms with Crippen LogP contribution < -0.4 is 5.32 Å². The number of benzene rings is 2. The molecule has 0 bridgehead atoms. The van der Waals surface area contributed by atoms with E-state index in [0.29, 0.717) is 0 Å². The molecule has 4 rings (SSSR count). The van der Waals surface area contributed by atoms with Crippen molar-refractivity contribution in [3.05, 3.63) is 59.7 Å². The summed E-state index contributed by atoms with van der Waals surface area (Å²) >= 11 is 0. The Hall–Kier alpha value is -2.81. The number of halogens is 2. The lowest BCUT2D eigenvalue weighted by molar-refractivity contribution is -0.121. The number of nitrogens with zero attached hydrogens (tertiary/aromatic N) is 2. The van der Waals surface area contributed by atoms with Crippen molar-refractivity contribution in [3.8, 4) is 0 Å². The van der Waals surface area contributed by atoms with E-state index < -0.39 is 27.2 Å². The molecule has 146 valence electrons. The highest BCUT2D eigenvalue weighted by molar-refractivity contribution is 7.90. The molecule has 1 aromatic heterocycles. The Morgan fingerprint density at radius 2 is 1.89 bits per heavy atom. The topological polar surface area (TPSA) is 81.1 Å². The largest absolute Gasteiger partial charge is 0.352 e. The lowest BCUT2D eigenvalue weighted by atomic mass is 10.2. The molecule has 1 amide bonds. The number of sulfone groups is 1. The van der Waals surface area contributed by atoms with Crippen molar-refractivity contribution in [2.45, 2.75) is 36.2 Å². The molecule has 28 heavy (non-hydrogen) atoms. The predicted octanol–water partition coefficient (Wildman–Crippen LogP) is 2.57.